The standard InChI is InChI=1S/C13H20N4O2S/c1-9(2)8-10(3)16-20(18,19)13-12(14)15-11-6-4-5-7-17(11)13/h4-7,9-10,16H,8,14H2,1-3H3. The third kappa shape index (κ3) is 2.94. The zero-order valence-corrected chi connectivity index (χ0v) is 12.7. The molecule has 7 heteroatoms. The second-order valence-corrected chi connectivity index (χ2v) is 7.01. The highest BCUT2D eigenvalue weighted by atomic mass is 32.2. The van der Waals surface area contributed by atoms with Gasteiger partial charge in [-0.1, -0.05) is 19.9 Å². The minimum atomic E-state index is -3.69. The van der Waals surface area contributed by atoms with Gasteiger partial charge in [0, 0.05) is 12.2 Å². The molecular formula is C13H20N4O2S. The van der Waals surface area contributed by atoms with Gasteiger partial charge >= 0.3 is 0 Å². The monoisotopic (exact) mass is 296 g/mol. The van der Waals surface area contributed by atoms with E-state index in [1.54, 1.807) is 24.4 Å². The first kappa shape index (κ1) is 14.8. The van der Waals surface area contributed by atoms with Gasteiger partial charge in [-0.15, -0.1) is 0 Å². The Morgan fingerprint density at radius 3 is 2.70 bits per heavy atom. The fourth-order valence-electron chi connectivity index (χ4n) is 2.33. The van der Waals surface area contributed by atoms with Gasteiger partial charge in [0.05, 0.1) is 0 Å². The quantitative estimate of drug-likeness (QED) is 0.877. The van der Waals surface area contributed by atoms with Gasteiger partial charge in [-0.25, -0.2) is 18.1 Å². The largest absolute Gasteiger partial charge is 0.381 e. The number of aromatic nitrogens is 2. The van der Waals surface area contributed by atoms with Crippen LogP contribution in [0, 0.1) is 5.92 Å². The van der Waals surface area contributed by atoms with Crippen LogP contribution in [0.4, 0.5) is 5.82 Å². The van der Waals surface area contributed by atoms with Crippen molar-refractivity contribution in [3.8, 4) is 0 Å². The van der Waals surface area contributed by atoms with E-state index in [1.165, 1.54) is 4.40 Å². The Labute approximate surface area is 119 Å². The van der Waals surface area contributed by atoms with Crippen LogP contribution in [0.25, 0.3) is 5.65 Å². The first-order valence-electron chi connectivity index (χ1n) is 6.56. The maximum atomic E-state index is 12.5. The topological polar surface area (TPSA) is 89.5 Å². The number of nitrogens with two attached hydrogens (primary N) is 1. The van der Waals surface area contributed by atoms with Crippen molar-refractivity contribution in [2.24, 2.45) is 5.92 Å². The molecule has 0 aromatic carbocycles. The fraction of sp³-hybridized carbons (Fsp3) is 0.462. The van der Waals surface area contributed by atoms with Crippen molar-refractivity contribution in [2.75, 3.05) is 5.73 Å². The number of anilines is 1. The molecule has 0 aliphatic carbocycles. The van der Waals surface area contributed by atoms with E-state index < -0.39 is 10.0 Å². The predicted molar refractivity (Wildman–Crippen MR) is 78.8 cm³/mol. The third-order valence-corrected chi connectivity index (χ3v) is 4.57. The first-order valence-corrected chi connectivity index (χ1v) is 8.04. The van der Waals surface area contributed by atoms with Gasteiger partial charge in [0.25, 0.3) is 10.0 Å². The van der Waals surface area contributed by atoms with Gasteiger partial charge in [-0.05, 0) is 31.4 Å². The molecule has 0 radical (unpaired) electrons. The van der Waals surface area contributed by atoms with E-state index in [0.29, 0.717) is 11.6 Å². The summed E-state index contributed by atoms with van der Waals surface area (Å²) in [6.07, 6.45) is 2.40. The summed E-state index contributed by atoms with van der Waals surface area (Å²) < 4.78 is 29.1. The van der Waals surface area contributed by atoms with Crippen molar-refractivity contribution in [1.29, 1.82) is 0 Å². The third-order valence-electron chi connectivity index (χ3n) is 2.95. The summed E-state index contributed by atoms with van der Waals surface area (Å²) in [5.74, 6) is 0.424. The molecule has 0 saturated carbocycles. The molecule has 2 aromatic heterocycles. The van der Waals surface area contributed by atoms with E-state index >= 15 is 0 Å². The van der Waals surface area contributed by atoms with Crippen molar-refractivity contribution >= 4 is 21.5 Å². The number of fused-ring (bicyclic) bond motifs is 1. The van der Waals surface area contributed by atoms with Crippen LogP contribution >= 0.6 is 0 Å². The summed E-state index contributed by atoms with van der Waals surface area (Å²) in [6.45, 7) is 5.94. The summed E-state index contributed by atoms with van der Waals surface area (Å²) in [6, 6.07) is 5.08. The van der Waals surface area contributed by atoms with E-state index in [1.807, 2.05) is 20.8 Å². The van der Waals surface area contributed by atoms with E-state index in [9.17, 15) is 8.42 Å². The normalized spacial score (nSPS) is 14.0. The van der Waals surface area contributed by atoms with Crippen LogP contribution in [-0.4, -0.2) is 23.8 Å². The van der Waals surface area contributed by atoms with Crippen LogP contribution < -0.4 is 10.5 Å². The molecule has 1 unspecified atom stereocenters. The van der Waals surface area contributed by atoms with Gasteiger partial charge in [-0.3, -0.25) is 4.40 Å². The second-order valence-electron chi connectivity index (χ2n) is 5.38. The van der Waals surface area contributed by atoms with Crippen molar-refractivity contribution in [3.05, 3.63) is 24.4 Å². The molecule has 0 saturated heterocycles. The zero-order valence-electron chi connectivity index (χ0n) is 11.9. The second kappa shape index (κ2) is 5.41. The Morgan fingerprint density at radius 2 is 2.05 bits per heavy atom. The molecule has 0 aliphatic rings. The number of hydrogen-bond acceptors (Lipinski definition) is 4. The highest BCUT2D eigenvalue weighted by molar-refractivity contribution is 7.89. The number of hydrogen-bond donors (Lipinski definition) is 2. The van der Waals surface area contributed by atoms with Crippen LogP contribution in [0.2, 0.25) is 0 Å². The van der Waals surface area contributed by atoms with Crippen molar-refractivity contribution < 1.29 is 8.42 Å². The molecule has 2 rings (SSSR count). The van der Waals surface area contributed by atoms with E-state index in [4.69, 9.17) is 5.73 Å². The Bertz CT molecular complexity index is 706. The van der Waals surface area contributed by atoms with Gasteiger partial charge < -0.3 is 5.73 Å². The lowest BCUT2D eigenvalue weighted by Crippen LogP contribution is -2.34. The molecular weight excluding hydrogens is 276 g/mol. The molecule has 0 fully saturated rings. The maximum Gasteiger partial charge on any atom is 0.260 e. The molecule has 0 amide bonds. The van der Waals surface area contributed by atoms with Crippen molar-refractivity contribution in [2.45, 2.75) is 38.3 Å². The molecule has 110 valence electrons. The zero-order chi connectivity index (χ0) is 14.9. The number of nitrogens with one attached hydrogen (secondary N) is 1. The van der Waals surface area contributed by atoms with Crippen LogP contribution in [-0.2, 0) is 10.0 Å². The highest BCUT2D eigenvalue weighted by Gasteiger charge is 2.25. The minimum Gasteiger partial charge on any atom is -0.381 e. The van der Waals surface area contributed by atoms with Gasteiger partial charge in [0.15, 0.2) is 10.8 Å². The number of imidazole rings is 1. The summed E-state index contributed by atoms with van der Waals surface area (Å²) in [4.78, 5) is 4.07. The Hall–Kier alpha value is -1.60. The summed E-state index contributed by atoms with van der Waals surface area (Å²) in [5, 5.41) is 0.00343. The Kier molecular flexibility index (Phi) is 4.01. The SMILES string of the molecule is CC(C)CC(C)NS(=O)(=O)c1c(N)nc2ccccn12. The van der Waals surface area contributed by atoms with Gasteiger partial charge in [-0.2, -0.15) is 0 Å². The molecule has 0 bridgehead atoms. The fourth-order valence-corrected chi connectivity index (χ4v) is 3.81. The molecule has 0 aliphatic heterocycles. The lowest BCUT2D eigenvalue weighted by atomic mass is 10.1. The molecule has 3 N–H and O–H groups in total. The average molecular weight is 296 g/mol. The number of nitrogens with zero attached hydrogens (tertiary/aromatic N) is 2. The van der Waals surface area contributed by atoms with Crippen LogP contribution in [0.5, 0.6) is 0 Å². The highest BCUT2D eigenvalue weighted by Crippen LogP contribution is 2.20. The molecule has 20 heavy (non-hydrogen) atoms. The molecule has 2 aromatic rings. The van der Waals surface area contributed by atoms with E-state index in [-0.39, 0.29) is 16.9 Å². The van der Waals surface area contributed by atoms with Crippen LogP contribution in [0.1, 0.15) is 27.2 Å². The summed E-state index contributed by atoms with van der Waals surface area (Å²) >= 11 is 0. The predicted octanol–water partition coefficient (Wildman–Crippen LogP) is 1.63. The first-order chi connectivity index (χ1) is 9.31. The molecule has 1 atom stereocenters. The number of sulfonamides is 1. The number of nitrogen functional groups attached to an aromatic ring is 1. The van der Waals surface area contributed by atoms with Crippen molar-refractivity contribution in [3.63, 3.8) is 0 Å². The van der Waals surface area contributed by atoms with E-state index in [2.05, 4.69) is 9.71 Å². The molecule has 6 nitrogen and oxygen atoms in total. The maximum absolute atomic E-state index is 12.5. The lowest BCUT2D eigenvalue weighted by molar-refractivity contribution is 0.481. The smallest absolute Gasteiger partial charge is 0.260 e. The Morgan fingerprint density at radius 1 is 1.35 bits per heavy atom. The number of rotatable bonds is 5. The summed E-state index contributed by atoms with van der Waals surface area (Å²) in [7, 11) is -3.69. The summed E-state index contributed by atoms with van der Waals surface area (Å²) in [5.41, 5.74) is 6.28. The van der Waals surface area contributed by atoms with Crippen LogP contribution in [0.15, 0.2) is 29.4 Å². The van der Waals surface area contributed by atoms with Crippen molar-refractivity contribution in [1.82, 2.24) is 14.1 Å². The molecule has 0 spiro atoms. The van der Waals surface area contributed by atoms with Crippen LogP contribution in [0.3, 0.4) is 0 Å². The Balaban J connectivity index is 2.39. The van der Waals surface area contributed by atoms with E-state index in [0.717, 1.165) is 6.42 Å². The van der Waals surface area contributed by atoms with Gasteiger partial charge in [0.2, 0.25) is 0 Å². The number of pyridine rings is 1. The average Bonchev–Trinajstić information content (AvgIpc) is 2.62. The molecule has 2 heterocycles. The lowest BCUT2D eigenvalue weighted by Gasteiger charge is -2.16. The minimum absolute atomic E-state index is 0.00343. The van der Waals surface area contributed by atoms with Gasteiger partial charge in [0.1, 0.15) is 5.65 Å².